The first-order valence-electron chi connectivity index (χ1n) is 6.29. The second-order valence-electron chi connectivity index (χ2n) is 4.38. The normalized spacial score (nSPS) is 10.0. The minimum atomic E-state index is -0.586. The molecular formula is C16H16O5. The van der Waals surface area contributed by atoms with Gasteiger partial charge in [0, 0.05) is 0 Å². The summed E-state index contributed by atoms with van der Waals surface area (Å²) in [5.74, 6) is 0.436. The molecule has 5 heteroatoms. The quantitative estimate of drug-likeness (QED) is 0.692. The lowest BCUT2D eigenvalue weighted by molar-refractivity contribution is 0.0729. The average molecular weight is 288 g/mol. The summed E-state index contributed by atoms with van der Waals surface area (Å²) < 4.78 is 15.4. The van der Waals surface area contributed by atoms with Gasteiger partial charge in [0.05, 0.1) is 19.8 Å². The second kappa shape index (κ2) is 6.17. The largest absolute Gasteiger partial charge is 0.504 e. The molecule has 0 aliphatic carbocycles. The number of phenolic OH excluding ortho intramolecular Hbond substituents is 1. The highest BCUT2D eigenvalue weighted by Gasteiger charge is 2.15. The number of carbonyl (C=O) groups is 1. The molecule has 0 saturated carbocycles. The number of hydrogen-bond donors (Lipinski definition) is 1. The highest BCUT2D eigenvalue weighted by molar-refractivity contribution is 5.92. The first-order valence-corrected chi connectivity index (χ1v) is 6.29. The number of aromatic hydroxyl groups is 1. The minimum Gasteiger partial charge on any atom is -0.504 e. The Labute approximate surface area is 122 Å². The molecule has 0 aromatic heterocycles. The number of esters is 1. The summed E-state index contributed by atoms with van der Waals surface area (Å²) in [4.78, 5) is 12.1. The van der Waals surface area contributed by atoms with E-state index < -0.39 is 5.97 Å². The number of benzene rings is 2. The summed E-state index contributed by atoms with van der Waals surface area (Å²) in [6, 6.07) is 9.66. The molecule has 5 nitrogen and oxygen atoms in total. The van der Waals surface area contributed by atoms with E-state index in [1.54, 1.807) is 31.2 Å². The van der Waals surface area contributed by atoms with Crippen LogP contribution in [-0.2, 0) is 0 Å². The first kappa shape index (κ1) is 14.7. The van der Waals surface area contributed by atoms with Crippen LogP contribution in [-0.4, -0.2) is 25.3 Å². The predicted octanol–water partition coefficient (Wildman–Crippen LogP) is 2.94. The molecule has 2 aromatic carbocycles. The summed E-state index contributed by atoms with van der Waals surface area (Å²) in [5.41, 5.74) is 0.932. The van der Waals surface area contributed by atoms with Gasteiger partial charge in [-0.05, 0) is 36.8 Å². The lowest BCUT2D eigenvalue weighted by Crippen LogP contribution is -2.09. The van der Waals surface area contributed by atoms with Crippen LogP contribution >= 0.6 is 0 Å². The number of phenols is 1. The van der Waals surface area contributed by atoms with Crippen LogP contribution in [0.1, 0.15) is 15.9 Å². The van der Waals surface area contributed by atoms with Gasteiger partial charge in [-0.2, -0.15) is 0 Å². The predicted molar refractivity (Wildman–Crippen MR) is 77.3 cm³/mol. The van der Waals surface area contributed by atoms with Crippen molar-refractivity contribution in [2.75, 3.05) is 14.2 Å². The van der Waals surface area contributed by atoms with Gasteiger partial charge >= 0.3 is 5.97 Å². The fourth-order valence-corrected chi connectivity index (χ4v) is 1.84. The molecule has 2 rings (SSSR count). The van der Waals surface area contributed by atoms with Gasteiger partial charge < -0.3 is 19.3 Å². The van der Waals surface area contributed by atoms with Crippen molar-refractivity contribution >= 4 is 5.97 Å². The number of hydrogen-bond acceptors (Lipinski definition) is 5. The number of rotatable bonds is 4. The van der Waals surface area contributed by atoms with Gasteiger partial charge in [0.1, 0.15) is 0 Å². The van der Waals surface area contributed by atoms with E-state index in [9.17, 15) is 9.90 Å². The van der Waals surface area contributed by atoms with E-state index in [1.807, 2.05) is 0 Å². The Morgan fingerprint density at radius 3 is 2.38 bits per heavy atom. The summed E-state index contributed by atoms with van der Waals surface area (Å²) in [6.07, 6.45) is 0. The van der Waals surface area contributed by atoms with Crippen molar-refractivity contribution in [3.63, 3.8) is 0 Å². The molecule has 0 bridgehead atoms. The average Bonchev–Trinajstić information content (AvgIpc) is 2.51. The summed E-state index contributed by atoms with van der Waals surface area (Å²) >= 11 is 0. The van der Waals surface area contributed by atoms with E-state index in [-0.39, 0.29) is 11.5 Å². The minimum absolute atomic E-state index is 0.0497. The number of carbonyl (C=O) groups excluding carboxylic acids is 1. The summed E-state index contributed by atoms with van der Waals surface area (Å²) in [7, 11) is 3.00. The van der Waals surface area contributed by atoms with Crippen molar-refractivity contribution in [2.24, 2.45) is 0 Å². The van der Waals surface area contributed by atoms with Crippen LogP contribution in [0, 0.1) is 6.92 Å². The van der Waals surface area contributed by atoms with E-state index in [0.717, 1.165) is 0 Å². The maximum atomic E-state index is 12.1. The molecule has 0 heterocycles. The second-order valence-corrected chi connectivity index (χ2v) is 4.38. The lowest BCUT2D eigenvalue weighted by Gasteiger charge is -2.10. The van der Waals surface area contributed by atoms with E-state index in [0.29, 0.717) is 22.6 Å². The molecule has 2 aromatic rings. The van der Waals surface area contributed by atoms with Gasteiger partial charge in [0.15, 0.2) is 23.0 Å². The molecule has 110 valence electrons. The molecule has 0 amide bonds. The van der Waals surface area contributed by atoms with Crippen LogP contribution in [0.2, 0.25) is 0 Å². The number of methoxy groups -OCH3 is 2. The van der Waals surface area contributed by atoms with Crippen LogP contribution in [0.25, 0.3) is 0 Å². The molecule has 0 aliphatic heterocycles. The standard InChI is InChI=1S/C16H16O5/c1-10-5-4-6-13(15(10)17)21-16(18)11-7-8-12(19-2)14(9-11)20-3/h4-9,17H,1-3H3. The van der Waals surface area contributed by atoms with Gasteiger partial charge in [-0.3, -0.25) is 0 Å². The molecule has 1 N–H and O–H groups in total. The third kappa shape index (κ3) is 3.08. The van der Waals surface area contributed by atoms with Crippen LogP contribution < -0.4 is 14.2 Å². The zero-order valence-electron chi connectivity index (χ0n) is 12.0. The van der Waals surface area contributed by atoms with Crippen LogP contribution in [0.5, 0.6) is 23.0 Å². The van der Waals surface area contributed by atoms with Crippen molar-refractivity contribution in [1.29, 1.82) is 0 Å². The van der Waals surface area contributed by atoms with Crippen LogP contribution in [0.15, 0.2) is 36.4 Å². The molecule has 0 unspecified atom stereocenters. The van der Waals surface area contributed by atoms with Gasteiger partial charge in [0.25, 0.3) is 0 Å². The lowest BCUT2D eigenvalue weighted by atomic mass is 10.2. The van der Waals surface area contributed by atoms with Gasteiger partial charge in [0.2, 0.25) is 0 Å². The fourth-order valence-electron chi connectivity index (χ4n) is 1.84. The van der Waals surface area contributed by atoms with E-state index in [2.05, 4.69) is 0 Å². The molecule has 0 atom stereocenters. The van der Waals surface area contributed by atoms with E-state index >= 15 is 0 Å². The Morgan fingerprint density at radius 1 is 1.00 bits per heavy atom. The van der Waals surface area contributed by atoms with Crippen LogP contribution in [0.4, 0.5) is 0 Å². The first-order chi connectivity index (χ1) is 10.1. The summed E-state index contributed by atoms with van der Waals surface area (Å²) in [5, 5.41) is 9.85. The van der Waals surface area contributed by atoms with Crippen molar-refractivity contribution < 1.29 is 24.1 Å². The third-order valence-corrected chi connectivity index (χ3v) is 3.02. The van der Waals surface area contributed by atoms with E-state index in [4.69, 9.17) is 14.2 Å². The maximum absolute atomic E-state index is 12.1. The Balaban J connectivity index is 2.26. The number of ether oxygens (including phenoxy) is 3. The molecule has 21 heavy (non-hydrogen) atoms. The van der Waals surface area contributed by atoms with Crippen molar-refractivity contribution in [2.45, 2.75) is 6.92 Å². The molecule has 0 radical (unpaired) electrons. The Bertz CT molecular complexity index is 664. The molecule has 0 fully saturated rings. The smallest absolute Gasteiger partial charge is 0.343 e. The van der Waals surface area contributed by atoms with Crippen molar-refractivity contribution in [3.05, 3.63) is 47.5 Å². The molecule has 0 saturated heterocycles. The molecule has 0 spiro atoms. The Kier molecular flexibility index (Phi) is 4.33. The fraction of sp³-hybridized carbons (Fsp3) is 0.188. The molecule has 0 aliphatic rings. The maximum Gasteiger partial charge on any atom is 0.343 e. The Hall–Kier alpha value is -2.69. The Morgan fingerprint density at radius 2 is 1.71 bits per heavy atom. The van der Waals surface area contributed by atoms with Crippen molar-refractivity contribution in [1.82, 2.24) is 0 Å². The summed E-state index contributed by atoms with van der Waals surface area (Å²) in [6.45, 7) is 1.73. The SMILES string of the molecule is COc1ccc(C(=O)Oc2cccc(C)c2O)cc1OC. The molecular weight excluding hydrogens is 272 g/mol. The van der Waals surface area contributed by atoms with Crippen molar-refractivity contribution in [3.8, 4) is 23.0 Å². The van der Waals surface area contributed by atoms with Gasteiger partial charge in [-0.15, -0.1) is 0 Å². The number of aryl methyl sites for hydroxylation is 1. The zero-order valence-corrected chi connectivity index (χ0v) is 12.0. The van der Waals surface area contributed by atoms with E-state index in [1.165, 1.54) is 26.4 Å². The number of para-hydroxylation sites is 1. The van der Waals surface area contributed by atoms with Gasteiger partial charge in [-0.25, -0.2) is 4.79 Å². The van der Waals surface area contributed by atoms with Gasteiger partial charge in [-0.1, -0.05) is 12.1 Å². The zero-order chi connectivity index (χ0) is 15.4. The van der Waals surface area contributed by atoms with Crippen LogP contribution in [0.3, 0.4) is 0 Å². The third-order valence-electron chi connectivity index (χ3n) is 3.02. The monoisotopic (exact) mass is 288 g/mol. The highest BCUT2D eigenvalue weighted by Crippen LogP contribution is 2.31. The highest BCUT2D eigenvalue weighted by atomic mass is 16.5. The topological polar surface area (TPSA) is 65.0 Å².